The van der Waals surface area contributed by atoms with Crippen LogP contribution in [0.3, 0.4) is 0 Å². The lowest BCUT2D eigenvalue weighted by atomic mass is 10.1. The molecule has 0 saturated carbocycles. The molecular formula is C22H22F3N5O2. The Balaban J connectivity index is 0.000000207. The van der Waals surface area contributed by atoms with Crippen molar-refractivity contribution in [2.75, 3.05) is 31.9 Å². The molecule has 4 heterocycles. The third-order valence-electron chi connectivity index (χ3n) is 5.34. The van der Waals surface area contributed by atoms with Crippen LogP contribution < -0.4 is 11.1 Å². The molecule has 0 spiro atoms. The fraction of sp³-hybridized carbons (Fsp3) is 0.318. The number of carbonyl (C=O) groups is 1. The second-order valence-electron chi connectivity index (χ2n) is 7.44. The highest BCUT2D eigenvalue weighted by molar-refractivity contribution is 5.97. The number of carbonyl (C=O) groups excluding carboxylic acids is 1. The van der Waals surface area contributed by atoms with Crippen molar-refractivity contribution in [1.82, 2.24) is 20.2 Å². The van der Waals surface area contributed by atoms with Gasteiger partial charge in [-0.1, -0.05) is 30.3 Å². The van der Waals surface area contributed by atoms with E-state index in [0.29, 0.717) is 43.3 Å². The smallest absolute Gasteiger partial charge is 0.383 e. The van der Waals surface area contributed by atoms with Crippen LogP contribution in [0, 0.1) is 0 Å². The van der Waals surface area contributed by atoms with Gasteiger partial charge < -0.3 is 20.7 Å². The normalized spacial score (nSPS) is 15.8. The molecule has 168 valence electrons. The van der Waals surface area contributed by atoms with Crippen LogP contribution >= 0.6 is 0 Å². The van der Waals surface area contributed by atoms with Crippen molar-refractivity contribution in [3.63, 3.8) is 0 Å². The van der Waals surface area contributed by atoms with Gasteiger partial charge in [0, 0.05) is 37.1 Å². The number of aromatic nitrogens is 2. The molecule has 0 radical (unpaired) electrons. The highest BCUT2D eigenvalue weighted by atomic mass is 19.4. The summed E-state index contributed by atoms with van der Waals surface area (Å²) in [7, 11) is 0. The lowest BCUT2D eigenvalue weighted by Crippen LogP contribution is -2.46. The first-order valence-corrected chi connectivity index (χ1v) is 10.1. The first kappa shape index (κ1) is 22.0. The van der Waals surface area contributed by atoms with Crippen molar-refractivity contribution in [1.29, 1.82) is 0 Å². The van der Waals surface area contributed by atoms with Gasteiger partial charge in [0.25, 0.3) is 5.91 Å². The third-order valence-corrected chi connectivity index (χ3v) is 5.34. The Morgan fingerprint density at radius 3 is 2.44 bits per heavy atom. The number of ether oxygens (including phenoxy) is 1. The van der Waals surface area contributed by atoms with Gasteiger partial charge in [-0.05, 0) is 11.6 Å². The molecule has 10 heteroatoms. The van der Waals surface area contributed by atoms with E-state index >= 15 is 0 Å². The van der Waals surface area contributed by atoms with E-state index < -0.39 is 11.7 Å². The van der Waals surface area contributed by atoms with Gasteiger partial charge in [-0.25, -0.2) is 9.97 Å². The van der Waals surface area contributed by atoms with Gasteiger partial charge in [0.2, 0.25) is 0 Å². The number of nitrogens with two attached hydrogens (primary N) is 1. The first-order chi connectivity index (χ1) is 15.3. The van der Waals surface area contributed by atoms with Crippen LogP contribution in [-0.4, -0.2) is 47.0 Å². The van der Waals surface area contributed by atoms with Crippen LogP contribution in [0.1, 0.15) is 27.2 Å². The summed E-state index contributed by atoms with van der Waals surface area (Å²) in [5, 5.41) is 4.15. The summed E-state index contributed by atoms with van der Waals surface area (Å²) in [6.45, 7) is 4.04. The molecule has 0 aliphatic carbocycles. The summed E-state index contributed by atoms with van der Waals surface area (Å²) in [4.78, 5) is 23.0. The Hall–Kier alpha value is -3.24. The molecule has 0 bridgehead atoms. The van der Waals surface area contributed by atoms with Gasteiger partial charge in [0.15, 0.2) is 0 Å². The molecule has 5 rings (SSSR count). The van der Waals surface area contributed by atoms with E-state index in [1.807, 2.05) is 11.0 Å². The summed E-state index contributed by atoms with van der Waals surface area (Å²) in [5.41, 5.74) is 8.47. The van der Waals surface area contributed by atoms with Crippen LogP contribution in [0.5, 0.6) is 0 Å². The van der Waals surface area contributed by atoms with Gasteiger partial charge in [-0.3, -0.25) is 4.79 Å². The predicted octanol–water partition coefficient (Wildman–Crippen LogP) is 2.99. The lowest BCUT2D eigenvalue weighted by Gasteiger charge is -2.27. The van der Waals surface area contributed by atoms with Gasteiger partial charge in [-0.15, -0.1) is 0 Å². The molecule has 0 atom stereocenters. The average Bonchev–Trinajstić information content (AvgIpc) is 3.31. The Kier molecular flexibility index (Phi) is 6.24. The standard InChI is InChI=1S/C15H17N5O2.C7H5F3/c16-14-11-8-22-7-10(11)9-5-12(18-6-13(9)19-14)15(21)20-3-1-17-2-4-20;8-7(9,10)6-4-2-1-3-5-6/h5-6,17H,1-4,7-8H2,(H2,16,19);1-5H. The largest absolute Gasteiger partial charge is 0.416 e. The maximum absolute atomic E-state index is 12.6. The highest BCUT2D eigenvalue weighted by Gasteiger charge is 2.29. The number of fused-ring (bicyclic) bond motifs is 3. The maximum atomic E-state index is 12.6. The van der Waals surface area contributed by atoms with Crippen molar-refractivity contribution >= 4 is 22.6 Å². The fourth-order valence-corrected chi connectivity index (χ4v) is 3.65. The molecule has 1 amide bonds. The molecule has 32 heavy (non-hydrogen) atoms. The number of nitrogens with zero attached hydrogens (tertiary/aromatic N) is 3. The van der Waals surface area contributed by atoms with E-state index in [1.165, 1.54) is 12.1 Å². The van der Waals surface area contributed by atoms with Crippen LogP contribution in [0.2, 0.25) is 0 Å². The zero-order valence-electron chi connectivity index (χ0n) is 17.2. The number of nitrogen functional groups attached to an aromatic ring is 1. The topological polar surface area (TPSA) is 93.4 Å². The highest BCUT2D eigenvalue weighted by Crippen LogP contribution is 2.31. The Morgan fingerprint density at radius 2 is 1.78 bits per heavy atom. The molecule has 7 nitrogen and oxygen atoms in total. The number of hydrogen-bond acceptors (Lipinski definition) is 6. The number of halogens is 3. The monoisotopic (exact) mass is 445 g/mol. The number of anilines is 1. The Labute approximate surface area is 182 Å². The number of pyridine rings is 2. The summed E-state index contributed by atoms with van der Waals surface area (Å²) in [5.74, 6) is 0.455. The van der Waals surface area contributed by atoms with E-state index in [1.54, 1.807) is 12.3 Å². The molecule has 1 fully saturated rings. The zero-order valence-corrected chi connectivity index (χ0v) is 17.2. The SMILES string of the molecule is FC(F)(F)c1ccccc1.Nc1nc2cnc(C(=O)N3CCNCC3)cc2c2c1COC2. The van der Waals surface area contributed by atoms with Crippen molar-refractivity contribution < 1.29 is 22.7 Å². The number of alkyl halides is 3. The fourth-order valence-electron chi connectivity index (χ4n) is 3.65. The lowest BCUT2D eigenvalue weighted by molar-refractivity contribution is -0.137. The minimum atomic E-state index is -4.21. The van der Waals surface area contributed by atoms with E-state index in [2.05, 4.69) is 15.3 Å². The average molecular weight is 445 g/mol. The molecule has 2 aromatic heterocycles. The number of hydrogen-bond donors (Lipinski definition) is 2. The molecule has 2 aliphatic heterocycles. The minimum absolute atomic E-state index is 0.0344. The molecule has 1 saturated heterocycles. The Bertz CT molecular complexity index is 1120. The van der Waals surface area contributed by atoms with Crippen LogP contribution in [-0.2, 0) is 24.1 Å². The number of piperazine rings is 1. The van der Waals surface area contributed by atoms with Crippen molar-refractivity contribution in [2.24, 2.45) is 0 Å². The number of nitrogens with one attached hydrogen (secondary N) is 1. The minimum Gasteiger partial charge on any atom is -0.383 e. The summed E-state index contributed by atoms with van der Waals surface area (Å²) < 4.78 is 40.8. The molecule has 1 aromatic carbocycles. The summed E-state index contributed by atoms with van der Waals surface area (Å²) >= 11 is 0. The summed E-state index contributed by atoms with van der Waals surface area (Å²) in [6, 6.07) is 8.18. The zero-order chi connectivity index (χ0) is 22.7. The van der Waals surface area contributed by atoms with Crippen molar-refractivity contribution in [3.05, 3.63) is 65.0 Å². The van der Waals surface area contributed by atoms with Gasteiger partial charge >= 0.3 is 6.18 Å². The van der Waals surface area contributed by atoms with Crippen LogP contribution in [0.25, 0.3) is 10.9 Å². The molecular weight excluding hydrogens is 423 g/mol. The number of amides is 1. The van der Waals surface area contributed by atoms with Crippen molar-refractivity contribution in [2.45, 2.75) is 19.4 Å². The molecule has 3 aromatic rings. The number of benzene rings is 1. The maximum Gasteiger partial charge on any atom is 0.416 e. The summed E-state index contributed by atoms with van der Waals surface area (Å²) in [6.07, 6.45) is -2.58. The van der Waals surface area contributed by atoms with Gasteiger partial charge in [0.05, 0.1) is 30.5 Å². The van der Waals surface area contributed by atoms with Crippen LogP contribution in [0.15, 0.2) is 42.6 Å². The Morgan fingerprint density at radius 1 is 1.09 bits per heavy atom. The molecule has 0 unspecified atom stereocenters. The van der Waals surface area contributed by atoms with Crippen molar-refractivity contribution in [3.8, 4) is 0 Å². The first-order valence-electron chi connectivity index (χ1n) is 10.1. The second kappa shape index (κ2) is 9.09. The number of rotatable bonds is 1. The predicted molar refractivity (Wildman–Crippen MR) is 113 cm³/mol. The quantitative estimate of drug-likeness (QED) is 0.598. The van der Waals surface area contributed by atoms with Crippen LogP contribution in [0.4, 0.5) is 19.0 Å². The van der Waals surface area contributed by atoms with Gasteiger partial charge in [0.1, 0.15) is 11.5 Å². The van der Waals surface area contributed by atoms with E-state index in [0.717, 1.165) is 41.7 Å². The van der Waals surface area contributed by atoms with E-state index in [4.69, 9.17) is 10.5 Å². The molecule has 3 N–H and O–H groups in total. The second-order valence-corrected chi connectivity index (χ2v) is 7.44. The molecule has 2 aliphatic rings. The van der Waals surface area contributed by atoms with E-state index in [9.17, 15) is 18.0 Å². The van der Waals surface area contributed by atoms with E-state index in [-0.39, 0.29) is 5.91 Å². The third kappa shape index (κ3) is 4.66. The van der Waals surface area contributed by atoms with Gasteiger partial charge in [-0.2, -0.15) is 13.2 Å².